The van der Waals surface area contributed by atoms with E-state index in [2.05, 4.69) is 53.2 Å². The summed E-state index contributed by atoms with van der Waals surface area (Å²) in [5, 5.41) is 3.60. The van der Waals surface area contributed by atoms with Gasteiger partial charge in [-0.2, -0.15) is 0 Å². The molecule has 0 saturated carbocycles. The molecule has 0 aromatic heterocycles. The smallest absolute Gasteiger partial charge is 0.0370 e. The van der Waals surface area contributed by atoms with Crippen molar-refractivity contribution in [3.63, 3.8) is 0 Å². The maximum atomic E-state index is 3.60. The molecule has 3 nitrogen and oxygen atoms in total. The summed E-state index contributed by atoms with van der Waals surface area (Å²) in [5.74, 6) is 0. The summed E-state index contributed by atoms with van der Waals surface area (Å²) in [6.07, 6.45) is 4.22. The van der Waals surface area contributed by atoms with Gasteiger partial charge in [0.25, 0.3) is 0 Å². The van der Waals surface area contributed by atoms with Gasteiger partial charge in [0, 0.05) is 44.0 Å². The van der Waals surface area contributed by atoms with E-state index in [1.54, 1.807) is 0 Å². The van der Waals surface area contributed by atoms with Crippen molar-refractivity contribution < 1.29 is 0 Å². The van der Waals surface area contributed by atoms with Crippen molar-refractivity contribution >= 4 is 5.69 Å². The lowest BCUT2D eigenvalue weighted by molar-refractivity contribution is 0.0176. The van der Waals surface area contributed by atoms with Crippen LogP contribution in [0.4, 0.5) is 5.69 Å². The van der Waals surface area contributed by atoms with Gasteiger partial charge in [-0.15, -0.1) is 0 Å². The molecule has 3 heteroatoms. The molecule has 2 aliphatic heterocycles. The van der Waals surface area contributed by atoms with E-state index in [9.17, 15) is 0 Å². The predicted octanol–water partition coefficient (Wildman–Crippen LogP) is 2.97. The molecule has 2 saturated heterocycles. The fraction of sp³-hybridized carbons (Fsp3) is 0.667. The van der Waals surface area contributed by atoms with Crippen molar-refractivity contribution in [1.82, 2.24) is 9.80 Å². The third-order valence-corrected chi connectivity index (χ3v) is 5.18. The fourth-order valence-corrected chi connectivity index (χ4v) is 3.83. The normalized spacial score (nSPS) is 27.3. The van der Waals surface area contributed by atoms with Crippen LogP contribution in [-0.2, 0) is 0 Å². The minimum absolute atomic E-state index is 0.693. The van der Waals surface area contributed by atoms with Crippen LogP contribution in [0.5, 0.6) is 0 Å². The highest BCUT2D eigenvalue weighted by Gasteiger charge is 2.32. The Morgan fingerprint density at radius 2 is 2.05 bits per heavy atom. The van der Waals surface area contributed by atoms with Crippen LogP contribution in [0.3, 0.4) is 0 Å². The molecule has 116 valence electrons. The molecule has 21 heavy (non-hydrogen) atoms. The summed E-state index contributed by atoms with van der Waals surface area (Å²) in [4.78, 5) is 5.40. The lowest BCUT2D eigenvalue weighted by atomic mass is 9.97. The number of nitrogens with zero attached hydrogens (tertiary/aromatic N) is 2. The van der Waals surface area contributed by atoms with E-state index in [1.165, 1.54) is 50.1 Å². The zero-order chi connectivity index (χ0) is 14.7. The third kappa shape index (κ3) is 3.58. The molecule has 0 bridgehead atoms. The first-order valence-electron chi connectivity index (χ1n) is 8.51. The lowest BCUT2D eigenvalue weighted by Gasteiger charge is -2.47. The van der Waals surface area contributed by atoms with Gasteiger partial charge in [-0.1, -0.05) is 24.6 Å². The number of piperidine rings is 1. The Labute approximate surface area is 129 Å². The molecule has 1 N–H and O–H groups in total. The van der Waals surface area contributed by atoms with Crippen LogP contribution in [0.25, 0.3) is 0 Å². The van der Waals surface area contributed by atoms with Crippen molar-refractivity contribution in [2.45, 2.75) is 45.2 Å². The van der Waals surface area contributed by atoms with Crippen molar-refractivity contribution in [3.05, 3.63) is 29.8 Å². The highest BCUT2D eigenvalue weighted by atomic mass is 15.3. The van der Waals surface area contributed by atoms with Crippen LogP contribution >= 0.6 is 0 Å². The molecule has 2 unspecified atom stereocenters. The highest BCUT2D eigenvalue weighted by molar-refractivity contribution is 5.50. The number of nitrogens with one attached hydrogen (secondary N) is 1. The Balaban J connectivity index is 1.50. The minimum atomic E-state index is 0.693. The van der Waals surface area contributed by atoms with Gasteiger partial charge in [-0.3, -0.25) is 9.80 Å². The van der Waals surface area contributed by atoms with Crippen LogP contribution < -0.4 is 5.32 Å². The first-order valence-corrected chi connectivity index (χ1v) is 8.51. The van der Waals surface area contributed by atoms with E-state index in [4.69, 9.17) is 0 Å². The molecular formula is C18H29N3. The molecule has 2 fully saturated rings. The topological polar surface area (TPSA) is 18.5 Å². The molecule has 1 aromatic carbocycles. The molecular weight excluding hydrogens is 258 g/mol. The maximum absolute atomic E-state index is 3.60. The van der Waals surface area contributed by atoms with Crippen molar-refractivity contribution in [2.24, 2.45) is 0 Å². The standard InChI is InChI=1S/C18H29N3/c1-15-7-3-4-9-18(15)19-10-12-20-14-17-8-5-6-11-21(17)13-16(20)2/h3-4,7,9,16-17,19H,5-6,8,10-14H2,1-2H3. The Bertz CT molecular complexity index is 460. The second-order valence-electron chi connectivity index (χ2n) is 6.73. The van der Waals surface area contributed by atoms with Gasteiger partial charge in [0.2, 0.25) is 0 Å². The van der Waals surface area contributed by atoms with Gasteiger partial charge >= 0.3 is 0 Å². The van der Waals surface area contributed by atoms with Gasteiger partial charge in [-0.05, 0) is 44.9 Å². The number of aryl methyl sites for hydroxylation is 1. The number of rotatable bonds is 4. The number of para-hydroxylation sites is 1. The minimum Gasteiger partial charge on any atom is -0.384 e. The number of hydrogen-bond acceptors (Lipinski definition) is 3. The Morgan fingerprint density at radius 3 is 2.90 bits per heavy atom. The average Bonchev–Trinajstić information content (AvgIpc) is 2.49. The highest BCUT2D eigenvalue weighted by Crippen LogP contribution is 2.23. The molecule has 0 radical (unpaired) electrons. The molecule has 2 atom stereocenters. The summed E-state index contributed by atoms with van der Waals surface area (Å²) >= 11 is 0. The van der Waals surface area contributed by atoms with Crippen LogP contribution in [0.2, 0.25) is 0 Å². The SMILES string of the molecule is Cc1ccccc1NCCN1CC2CCCCN2CC1C. The molecule has 0 amide bonds. The molecule has 2 aliphatic rings. The molecule has 0 aliphatic carbocycles. The van der Waals surface area contributed by atoms with Gasteiger partial charge in [0.1, 0.15) is 0 Å². The van der Waals surface area contributed by atoms with E-state index in [0.29, 0.717) is 6.04 Å². The lowest BCUT2D eigenvalue weighted by Crippen LogP contribution is -2.59. The van der Waals surface area contributed by atoms with Gasteiger partial charge in [-0.25, -0.2) is 0 Å². The second kappa shape index (κ2) is 6.80. The van der Waals surface area contributed by atoms with Crippen molar-refractivity contribution in [3.8, 4) is 0 Å². The average molecular weight is 287 g/mol. The van der Waals surface area contributed by atoms with E-state index < -0.39 is 0 Å². The molecule has 3 rings (SSSR count). The van der Waals surface area contributed by atoms with E-state index in [1.807, 2.05) is 0 Å². The van der Waals surface area contributed by atoms with Gasteiger partial charge in [0.05, 0.1) is 0 Å². The quantitative estimate of drug-likeness (QED) is 0.918. The van der Waals surface area contributed by atoms with E-state index in [0.717, 1.165) is 19.1 Å². The number of benzene rings is 1. The van der Waals surface area contributed by atoms with Crippen LogP contribution in [0.1, 0.15) is 31.7 Å². The zero-order valence-corrected chi connectivity index (χ0v) is 13.5. The fourth-order valence-electron chi connectivity index (χ4n) is 3.83. The zero-order valence-electron chi connectivity index (χ0n) is 13.5. The predicted molar refractivity (Wildman–Crippen MR) is 89.9 cm³/mol. The summed E-state index contributed by atoms with van der Waals surface area (Å²) in [5.41, 5.74) is 2.61. The first-order chi connectivity index (χ1) is 10.2. The van der Waals surface area contributed by atoms with Gasteiger partial charge in [0.15, 0.2) is 0 Å². The largest absolute Gasteiger partial charge is 0.384 e. The number of hydrogen-bond donors (Lipinski definition) is 1. The number of piperazine rings is 1. The summed E-state index contributed by atoms with van der Waals surface area (Å²) in [7, 11) is 0. The number of fused-ring (bicyclic) bond motifs is 1. The van der Waals surface area contributed by atoms with Gasteiger partial charge < -0.3 is 5.32 Å². The van der Waals surface area contributed by atoms with E-state index >= 15 is 0 Å². The number of anilines is 1. The monoisotopic (exact) mass is 287 g/mol. The maximum Gasteiger partial charge on any atom is 0.0370 e. The third-order valence-electron chi connectivity index (χ3n) is 5.18. The van der Waals surface area contributed by atoms with Crippen LogP contribution in [0.15, 0.2) is 24.3 Å². The molecule has 2 heterocycles. The Morgan fingerprint density at radius 1 is 1.19 bits per heavy atom. The molecule has 1 aromatic rings. The Kier molecular flexibility index (Phi) is 4.81. The first kappa shape index (κ1) is 14.9. The van der Waals surface area contributed by atoms with Crippen molar-refractivity contribution in [1.29, 1.82) is 0 Å². The Hall–Kier alpha value is -1.06. The summed E-state index contributed by atoms with van der Waals surface area (Å²) in [6, 6.07) is 10.1. The summed E-state index contributed by atoms with van der Waals surface area (Å²) < 4.78 is 0. The van der Waals surface area contributed by atoms with Crippen LogP contribution in [-0.4, -0.2) is 54.6 Å². The van der Waals surface area contributed by atoms with E-state index in [-0.39, 0.29) is 0 Å². The molecule has 0 spiro atoms. The second-order valence-corrected chi connectivity index (χ2v) is 6.73. The summed E-state index contributed by atoms with van der Waals surface area (Å²) in [6.45, 7) is 10.6. The van der Waals surface area contributed by atoms with Crippen molar-refractivity contribution in [2.75, 3.05) is 38.0 Å². The van der Waals surface area contributed by atoms with Crippen LogP contribution in [0, 0.1) is 6.92 Å².